The van der Waals surface area contributed by atoms with Crippen LogP contribution in [-0.2, 0) is 4.79 Å². The molecule has 0 aromatic heterocycles. The Labute approximate surface area is 75.8 Å². The molecular formula is C9H9ClO2. The minimum absolute atomic E-state index is 0.0183. The van der Waals surface area contributed by atoms with Crippen molar-refractivity contribution >= 4 is 17.6 Å². The van der Waals surface area contributed by atoms with Crippen molar-refractivity contribution in [3.63, 3.8) is 0 Å². The predicted octanol–water partition coefficient (Wildman–Crippen LogP) is 2.12. The van der Waals surface area contributed by atoms with Crippen molar-refractivity contribution in [1.82, 2.24) is 0 Å². The van der Waals surface area contributed by atoms with Gasteiger partial charge in [-0.05, 0) is 6.42 Å². The maximum atomic E-state index is 10.6. The first kappa shape index (κ1) is 9.07. The van der Waals surface area contributed by atoms with Crippen LogP contribution in [0.4, 0.5) is 0 Å². The number of hydrogen-bond acceptors (Lipinski definition) is 1. The van der Waals surface area contributed by atoms with Crippen LogP contribution in [0.25, 0.3) is 0 Å². The third-order valence-electron chi connectivity index (χ3n) is 1.78. The molecule has 0 saturated carbocycles. The minimum Gasteiger partial charge on any atom is -0.478 e. The first-order valence-corrected chi connectivity index (χ1v) is 3.90. The number of carboxylic acid groups (broad SMARTS) is 1. The summed E-state index contributed by atoms with van der Waals surface area (Å²) in [6.45, 7) is 3.43. The maximum Gasteiger partial charge on any atom is 0.333 e. The van der Waals surface area contributed by atoms with E-state index in [1.165, 1.54) is 0 Å². The molecule has 0 fully saturated rings. The molecule has 1 aliphatic carbocycles. The van der Waals surface area contributed by atoms with Gasteiger partial charge in [-0.25, -0.2) is 4.79 Å². The van der Waals surface area contributed by atoms with Crippen LogP contribution in [0.15, 0.2) is 36.5 Å². The lowest BCUT2D eigenvalue weighted by molar-refractivity contribution is -0.132. The summed E-state index contributed by atoms with van der Waals surface area (Å²) in [4.78, 5) is 9.63. The Balaban J connectivity index is 2.86. The molecule has 0 amide bonds. The molecule has 2 nitrogen and oxygen atoms in total. The van der Waals surface area contributed by atoms with Crippen molar-refractivity contribution in [1.29, 1.82) is 0 Å². The fourth-order valence-electron chi connectivity index (χ4n) is 0.996. The van der Waals surface area contributed by atoms with Gasteiger partial charge in [0.05, 0.1) is 10.4 Å². The van der Waals surface area contributed by atoms with E-state index in [2.05, 4.69) is 6.58 Å². The molecule has 1 aliphatic rings. The normalized spacial score (nSPS) is 27.1. The molecular weight excluding hydrogens is 176 g/mol. The van der Waals surface area contributed by atoms with Gasteiger partial charge in [0, 0.05) is 0 Å². The number of carboxylic acids is 1. The van der Waals surface area contributed by atoms with Gasteiger partial charge < -0.3 is 5.11 Å². The highest BCUT2D eigenvalue weighted by molar-refractivity contribution is 6.30. The van der Waals surface area contributed by atoms with Crippen LogP contribution in [0.1, 0.15) is 6.42 Å². The molecule has 0 heterocycles. The number of allylic oxidation sites excluding steroid dienone is 4. The van der Waals surface area contributed by atoms with E-state index in [-0.39, 0.29) is 5.57 Å². The second kappa shape index (κ2) is 3.15. The topological polar surface area (TPSA) is 37.3 Å². The first-order valence-electron chi connectivity index (χ1n) is 3.52. The molecule has 0 bridgehead atoms. The molecule has 0 aliphatic heterocycles. The van der Waals surface area contributed by atoms with Crippen LogP contribution in [0.3, 0.4) is 0 Å². The van der Waals surface area contributed by atoms with E-state index in [0.29, 0.717) is 6.42 Å². The van der Waals surface area contributed by atoms with Crippen LogP contribution in [-0.4, -0.2) is 16.0 Å². The van der Waals surface area contributed by atoms with E-state index < -0.39 is 10.8 Å². The zero-order valence-corrected chi connectivity index (χ0v) is 7.21. The second-order valence-electron chi connectivity index (χ2n) is 2.64. The van der Waals surface area contributed by atoms with Gasteiger partial charge in [-0.1, -0.05) is 30.9 Å². The molecule has 12 heavy (non-hydrogen) atoms. The number of rotatable bonds is 2. The van der Waals surface area contributed by atoms with Crippen molar-refractivity contribution in [2.24, 2.45) is 0 Å². The van der Waals surface area contributed by atoms with Crippen LogP contribution in [0, 0.1) is 0 Å². The summed E-state index contributed by atoms with van der Waals surface area (Å²) in [6, 6.07) is 0. The Morgan fingerprint density at radius 3 is 2.67 bits per heavy atom. The third kappa shape index (κ3) is 1.59. The van der Waals surface area contributed by atoms with Gasteiger partial charge in [0.25, 0.3) is 0 Å². The lowest BCUT2D eigenvalue weighted by atomic mass is 9.92. The lowest BCUT2D eigenvalue weighted by Crippen LogP contribution is -2.26. The summed E-state index contributed by atoms with van der Waals surface area (Å²) in [5.41, 5.74) is 0.0183. The molecule has 0 radical (unpaired) electrons. The number of carbonyl (C=O) groups is 1. The zero-order chi connectivity index (χ0) is 9.19. The van der Waals surface area contributed by atoms with Crippen LogP contribution >= 0.6 is 11.6 Å². The van der Waals surface area contributed by atoms with Crippen LogP contribution in [0.2, 0.25) is 0 Å². The number of aliphatic carboxylic acids is 1. The highest BCUT2D eigenvalue weighted by atomic mass is 35.5. The molecule has 3 heteroatoms. The zero-order valence-electron chi connectivity index (χ0n) is 6.46. The molecule has 64 valence electrons. The summed E-state index contributed by atoms with van der Waals surface area (Å²) >= 11 is 6.00. The molecule has 1 atom stereocenters. The molecule has 1 N–H and O–H groups in total. The summed E-state index contributed by atoms with van der Waals surface area (Å²) in [5.74, 6) is -1.05. The van der Waals surface area contributed by atoms with Gasteiger partial charge in [0.1, 0.15) is 0 Å². The quantitative estimate of drug-likeness (QED) is 0.527. The largest absolute Gasteiger partial charge is 0.478 e. The summed E-state index contributed by atoms with van der Waals surface area (Å²) < 4.78 is 0. The van der Waals surface area contributed by atoms with E-state index >= 15 is 0 Å². The van der Waals surface area contributed by atoms with Gasteiger partial charge in [-0.2, -0.15) is 0 Å². The summed E-state index contributed by atoms with van der Waals surface area (Å²) in [6.07, 6.45) is 7.50. The van der Waals surface area contributed by atoms with Crippen molar-refractivity contribution in [2.45, 2.75) is 11.3 Å². The van der Waals surface area contributed by atoms with Crippen molar-refractivity contribution < 1.29 is 9.90 Å². The Morgan fingerprint density at radius 1 is 1.58 bits per heavy atom. The SMILES string of the molecule is C=C(C(=O)O)C1(Cl)C=CC=CC1. The second-order valence-corrected chi connectivity index (χ2v) is 3.31. The monoisotopic (exact) mass is 184 g/mol. The van der Waals surface area contributed by atoms with Crippen molar-refractivity contribution in [3.8, 4) is 0 Å². The molecule has 1 unspecified atom stereocenters. The van der Waals surface area contributed by atoms with E-state index in [1.54, 1.807) is 12.2 Å². The Kier molecular flexibility index (Phi) is 2.38. The van der Waals surface area contributed by atoms with Crippen LogP contribution in [0.5, 0.6) is 0 Å². The molecule has 0 spiro atoms. The molecule has 0 aromatic carbocycles. The van der Waals surface area contributed by atoms with Crippen molar-refractivity contribution in [3.05, 3.63) is 36.5 Å². The van der Waals surface area contributed by atoms with E-state index in [1.807, 2.05) is 12.2 Å². The standard InChI is InChI=1S/C9H9ClO2/c1-7(8(11)12)9(10)5-3-2-4-6-9/h2-5H,1,6H2,(H,11,12). The Hall–Kier alpha value is -1.02. The third-order valence-corrected chi connectivity index (χ3v) is 2.29. The van der Waals surface area contributed by atoms with Gasteiger partial charge in [0.2, 0.25) is 0 Å². The molecule has 0 saturated heterocycles. The average Bonchev–Trinajstić information content (AvgIpc) is 2.04. The maximum absolute atomic E-state index is 10.6. The smallest absolute Gasteiger partial charge is 0.333 e. The van der Waals surface area contributed by atoms with Gasteiger partial charge in [0.15, 0.2) is 0 Å². The summed E-state index contributed by atoms with van der Waals surface area (Å²) in [7, 11) is 0. The average molecular weight is 185 g/mol. The van der Waals surface area contributed by atoms with E-state index in [4.69, 9.17) is 16.7 Å². The van der Waals surface area contributed by atoms with E-state index in [9.17, 15) is 4.79 Å². The minimum atomic E-state index is -1.05. The highest BCUT2D eigenvalue weighted by Crippen LogP contribution is 2.32. The predicted molar refractivity (Wildman–Crippen MR) is 48.3 cm³/mol. The fraction of sp³-hybridized carbons (Fsp3) is 0.222. The van der Waals surface area contributed by atoms with Crippen molar-refractivity contribution in [2.75, 3.05) is 0 Å². The Bertz CT molecular complexity index is 278. The van der Waals surface area contributed by atoms with Gasteiger partial charge >= 0.3 is 5.97 Å². The Morgan fingerprint density at radius 2 is 2.25 bits per heavy atom. The van der Waals surface area contributed by atoms with Gasteiger partial charge in [-0.15, -0.1) is 11.6 Å². The highest BCUT2D eigenvalue weighted by Gasteiger charge is 2.31. The lowest BCUT2D eigenvalue weighted by Gasteiger charge is -2.23. The van der Waals surface area contributed by atoms with E-state index in [0.717, 1.165) is 0 Å². The summed E-state index contributed by atoms with van der Waals surface area (Å²) in [5, 5.41) is 8.66. The number of hydrogen-bond donors (Lipinski definition) is 1. The number of halogens is 1. The first-order chi connectivity index (χ1) is 5.56. The molecule has 0 aromatic rings. The fourth-order valence-corrected chi connectivity index (χ4v) is 1.24. The van der Waals surface area contributed by atoms with Crippen LogP contribution < -0.4 is 0 Å². The van der Waals surface area contributed by atoms with Gasteiger partial charge in [-0.3, -0.25) is 0 Å². The number of alkyl halides is 1. The molecule has 1 rings (SSSR count).